The predicted octanol–water partition coefficient (Wildman–Crippen LogP) is 8.98. The number of rotatable bonds is 2. The number of hydrogen-bond acceptors (Lipinski definition) is 4. The summed E-state index contributed by atoms with van der Waals surface area (Å²) in [6, 6.07) is 5.61. The Morgan fingerprint density at radius 3 is 2.15 bits per heavy atom. The Kier molecular flexibility index (Phi) is 7.91. The maximum Gasteiger partial charge on any atom is 0.228 e. The van der Waals surface area contributed by atoms with Gasteiger partial charge in [0.1, 0.15) is 0 Å². The third-order valence-corrected chi connectivity index (χ3v) is 16.4. The summed E-state index contributed by atoms with van der Waals surface area (Å²) in [5, 5.41) is 13.0. The van der Waals surface area contributed by atoms with Crippen LogP contribution in [0.15, 0.2) is 29.8 Å². The van der Waals surface area contributed by atoms with Crippen LogP contribution in [0.5, 0.6) is 0 Å². The molecule has 5 fully saturated rings. The van der Waals surface area contributed by atoms with Gasteiger partial charge in [0.25, 0.3) is 0 Å². The van der Waals surface area contributed by atoms with Crippen LogP contribution in [0.25, 0.3) is 0 Å². The summed E-state index contributed by atoms with van der Waals surface area (Å²) >= 11 is 13.1. The number of benzene rings is 1. The Morgan fingerprint density at radius 1 is 0.851 bits per heavy atom. The van der Waals surface area contributed by atoms with Crippen LogP contribution in [0.4, 0.5) is 5.69 Å². The van der Waals surface area contributed by atoms with Crippen LogP contribution in [-0.4, -0.2) is 54.0 Å². The third kappa shape index (κ3) is 4.70. The SMILES string of the molecule is CC1(C(=O)N2CCN(c3c(Cl)cccc3Cl)CC2)CC[C@]2(C)CC[C@]3(C)C(=CC(=O)C4[C@@]5(C)C(O)CCC(C)(C)C5CC[C@]43C)[C@@H]2C1. The molecular formula is C40H56Cl2N2O3. The molecule has 1 amide bonds. The number of ketones is 1. The predicted molar refractivity (Wildman–Crippen MR) is 191 cm³/mol. The number of para-hydroxylation sites is 1. The highest BCUT2D eigenvalue weighted by molar-refractivity contribution is 6.39. The van der Waals surface area contributed by atoms with Gasteiger partial charge in [-0.05, 0) is 109 Å². The fourth-order valence-corrected chi connectivity index (χ4v) is 13.3. The number of aliphatic hydroxyl groups is 1. The fourth-order valence-electron chi connectivity index (χ4n) is 12.6. The second kappa shape index (κ2) is 11.0. The molecule has 0 aromatic heterocycles. The molecule has 47 heavy (non-hydrogen) atoms. The smallest absolute Gasteiger partial charge is 0.228 e. The van der Waals surface area contributed by atoms with E-state index in [1.165, 1.54) is 5.57 Å². The molecule has 5 nitrogen and oxygen atoms in total. The summed E-state index contributed by atoms with van der Waals surface area (Å²) in [7, 11) is 0. The number of aliphatic hydroxyl groups excluding tert-OH is 1. The minimum absolute atomic E-state index is 0.0849. The van der Waals surface area contributed by atoms with Crippen molar-refractivity contribution in [1.82, 2.24) is 4.90 Å². The molecule has 1 aromatic rings. The second-order valence-corrected chi connectivity index (χ2v) is 19.3. The average molecular weight is 684 g/mol. The molecule has 9 atom stereocenters. The van der Waals surface area contributed by atoms with Gasteiger partial charge in [-0.3, -0.25) is 9.59 Å². The second-order valence-electron chi connectivity index (χ2n) is 18.5. The summed E-state index contributed by atoms with van der Waals surface area (Å²) in [6.45, 7) is 19.2. The van der Waals surface area contributed by atoms with Gasteiger partial charge in [-0.1, -0.05) is 83.3 Å². The highest BCUT2D eigenvalue weighted by atomic mass is 35.5. The number of nitrogens with zero attached hydrogens (tertiary/aromatic N) is 2. The summed E-state index contributed by atoms with van der Waals surface area (Å²) < 4.78 is 0. The van der Waals surface area contributed by atoms with Crippen molar-refractivity contribution in [2.45, 2.75) is 112 Å². The fraction of sp³-hybridized carbons (Fsp3) is 0.750. The number of carbonyl (C=O) groups excluding carboxylic acids is 2. The van der Waals surface area contributed by atoms with Crippen LogP contribution in [-0.2, 0) is 9.59 Å². The Morgan fingerprint density at radius 2 is 1.49 bits per heavy atom. The van der Waals surface area contributed by atoms with E-state index in [0.29, 0.717) is 42.1 Å². The Balaban J connectivity index is 1.17. The van der Waals surface area contributed by atoms with Crippen molar-refractivity contribution in [1.29, 1.82) is 0 Å². The molecule has 4 unspecified atom stereocenters. The van der Waals surface area contributed by atoms with Crippen LogP contribution in [0, 0.1) is 50.2 Å². The van der Waals surface area contributed by atoms with Crippen LogP contribution >= 0.6 is 23.2 Å². The number of fused-ring (bicyclic) bond motifs is 7. The molecule has 0 bridgehead atoms. The van der Waals surface area contributed by atoms with Crippen molar-refractivity contribution in [3.8, 4) is 0 Å². The van der Waals surface area contributed by atoms with Gasteiger partial charge in [0.2, 0.25) is 5.91 Å². The zero-order valence-electron chi connectivity index (χ0n) is 29.7. The maximum atomic E-state index is 14.7. The number of hydrogen-bond donors (Lipinski definition) is 1. The van der Waals surface area contributed by atoms with E-state index in [2.05, 4.69) is 64.3 Å². The van der Waals surface area contributed by atoms with Crippen molar-refractivity contribution in [3.05, 3.63) is 39.9 Å². The molecule has 0 radical (unpaired) electrons. The highest BCUT2D eigenvalue weighted by Gasteiger charge is 2.71. The van der Waals surface area contributed by atoms with Gasteiger partial charge in [-0.25, -0.2) is 0 Å². The van der Waals surface area contributed by atoms with Gasteiger partial charge in [0.05, 0.1) is 21.8 Å². The largest absolute Gasteiger partial charge is 0.393 e. The van der Waals surface area contributed by atoms with Crippen molar-refractivity contribution in [2.75, 3.05) is 31.1 Å². The Bertz CT molecular complexity index is 1500. The molecule has 4 saturated carbocycles. The lowest BCUT2D eigenvalue weighted by Crippen LogP contribution is -2.68. The minimum Gasteiger partial charge on any atom is -0.393 e. The zero-order valence-corrected chi connectivity index (χ0v) is 31.2. The van der Waals surface area contributed by atoms with Gasteiger partial charge in [-0.2, -0.15) is 0 Å². The minimum atomic E-state index is -0.471. The third-order valence-electron chi connectivity index (χ3n) is 15.8. The topological polar surface area (TPSA) is 60.9 Å². The zero-order chi connectivity index (χ0) is 33.9. The van der Waals surface area contributed by atoms with E-state index in [0.717, 1.165) is 63.5 Å². The molecular weight excluding hydrogens is 627 g/mol. The number of carbonyl (C=O) groups is 2. The lowest BCUT2D eigenvalue weighted by Gasteiger charge is -2.70. The van der Waals surface area contributed by atoms with E-state index in [1.807, 2.05) is 18.2 Å². The van der Waals surface area contributed by atoms with Crippen molar-refractivity contribution in [2.24, 2.45) is 50.2 Å². The van der Waals surface area contributed by atoms with Gasteiger partial charge in [0, 0.05) is 42.9 Å². The summed E-state index contributed by atoms with van der Waals surface area (Å²) in [6.07, 6.45) is 10.4. The molecule has 1 saturated heterocycles. The molecule has 5 aliphatic carbocycles. The Labute approximate surface area is 292 Å². The maximum absolute atomic E-state index is 14.7. The molecule has 0 spiro atoms. The number of amides is 1. The normalized spacial score (nSPS) is 44.5. The van der Waals surface area contributed by atoms with Crippen LogP contribution in [0.3, 0.4) is 0 Å². The van der Waals surface area contributed by atoms with E-state index in [9.17, 15) is 14.7 Å². The molecule has 1 N–H and O–H groups in total. The number of allylic oxidation sites excluding steroid dienone is 2. The van der Waals surface area contributed by atoms with Crippen LogP contribution in [0.1, 0.15) is 106 Å². The first-order chi connectivity index (χ1) is 21.9. The molecule has 1 heterocycles. The van der Waals surface area contributed by atoms with Crippen molar-refractivity contribution in [3.63, 3.8) is 0 Å². The number of anilines is 1. The van der Waals surface area contributed by atoms with Crippen LogP contribution in [0.2, 0.25) is 10.0 Å². The first-order valence-electron chi connectivity index (χ1n) is 18.3. The molecule has 6 aliphatic rings. The Hall–Kier alpha value is -1.56. The van der Waals surface area contributed by atoms with E-state index in [1.54, 1.807) is 0 Å². The van der Waals surface area contributed by atoms with E-state index in [4.69, 9.17) is 23.2 Å². The first-order valence-corrected chi connectivity index (χ1v) is 19.1. The van der Waals surface area contributed by atoms with E-state index >= 15 is 0 Å². The van der Waals surface area contributed by atoms with E-state index < -0.39 is 16.9 Å². The van der Waals surface area contributed by atoms with Gasteiger partial charge in [0.15, 0.2) is 5.78 Å². The molecule has 7 heteroatoms. The molecule has 1 aromatic carbocycles. The lowest BCUT2D eigenvalue weighted by molar-refractivity contribution is -0.215. The first kappa shape index (κ1) is 33.9. The monoisotopic (exact) mass is 682 g/mol. The summed E-state index contributed by atoms with van der Waals surface area (Å²) in [5.41, 5.74) is 1.13. The van der Waals surface area contributed by atoms with E-state index in [-0.39, 0.29) is 45.2 Å². The van der Waals surface area contributed by atoms with Crippen molar-refractivity contribution >= 4 is 40.6 Å². The molecule has 7 rings (SSSR count). The molecule has 1 aliphatic heterocycles. The summed E-state index contributed by atoms with van der Waals surface area (Å²) in [5.74, 6) is 0.844. The highest BCUT2D eigenvalue weighted by Crippen LogP contribution is 2.75. The van der Waals surface area contributed by atoms with Gasteiger partial charge < -0.3 is 14.9 Å². The quantitative estimate of drug-likeness (QED) is 0.338. The van der Waals surface area contributed by atoms with Crippen LogP contribution < -0.4 is 4.90 Å². The average Bonchev–Trinajstić information content (AvgIpc) is 3.01. The number of piperazine rings is 1. The van der Waals surface area contributed by atoms with Gasteiger partial charge >= 0.3 is 0 Å². The van der Waals surface area contributed by atoms with Crippen molar-refractivity contribution < 1.29 is 14.7 Å². The standard InChI is InChI=1S/C40H56Cl2N2O3/c1-35(2)13-12-31(46)40(7)30(35)11-14-39(6)33(40)29(45)23-25-26-24-37(4,16-15-36(26,3)17-18-38(25,39)5)34(47)44-21-19-43(20-22-44)32-27(41)9-8-10-28(32)42/h8-10,23,26,30-31,33,46H,11-22,24H2,1-7H3/t26-,30?,31?,33?,36+,37?,38+,39+,40+/m0/s1. The van der Waals surface area contributed by atoms with Gasteiger partial charge in [-0.15, -0.1) is 0 Å². The molecule has 258 valence electrons. The number of halogens is 2. The summed E-state index contributed by atoms with van der Waals surface area (Å²) in [4.78, 5) is 33.4. The lowest BCUT2D eigenvalue weighted by atomic mass is 9.33.